The lowest BCUT2D eigenvalue weighted by Gasteiger charge is -2.14. The molecule has 1 atom stereocenters. The molecular formula is C31H22Cl2N2O4. The number of hydrogen-bond donors (Lipinski definition) is 1. The minimum absolute atomic E-state index is 0.171. The van der Waals surface area contributed by atoms with Crippen molar-refractivity contribution in [2.24, 2.45) is 5.10 Å². The van der Waals surface area contributed by atoms with Crippen LogP contribution in [0.5, 0.6) is 11.5 Å². The molecule has 5 aromatic rings. The fourth-order valence-electron chi connectivity index (χ4n) is 4.06. The van der Waals surface area contributed by atoms with E-state index in [0.717, 1.165) is 21.5 Å². The van der Waals surface area contributed by atoms with Gasteiger partial charge in [-0.3, -0.25) is 4.79 Å². The number of carbonyl (C=O) groups is 2. The van der Waals surface area contributed by atoms with E-state index in [-0.39, 0.29) is 16.3 Å². The number of halogens is 2. The van der Waals surface area contributed by atoms with Crippen molar-refractivity contribution in [2.45, 2.75) is 13.0 Å². The molecule has 0 saturated heterocycles. The predicted octanol–water partition coefficient (Wildman–Crippen LogP) is 7.44. The van der Waals surface area contributed by atoms with Crippen LogP contribution in [0.1, 0.15) is 22.8 Å². The molecule has 0 radical (unpaired) electrons. The molecule has 0 aromatic heterocycles. The maximum Gasteiger partial charge on any atom is 0.345 e. The van der Waals surface area contributed by atoms with Crippen LogP contribution in [0.3, 0.4) is 0 Å². The highest BCUT2D eigenvalue weighted by Crippen LogP contribution is 2.29. The SMILES string of the molecule is C[C@@H](Oc1ccc2ccccc2c1)C(=O)N/N=C\c1c(OC(=O)c2ccc(Cl)cc2Cl)ccc2ccccc12. The first-order valence-corrected chi connectivity index (χ1v) is 12.8. The zero-order valence-electron chi connectivity index (χ0n) is 20.7. The molecule has 5 aromatic carbocycles. The molecule has 0 heterocycles. The van der Waals surface area contributed by atoms with E-state index in [2.05, 4.69) is 10.5 Å². The minimum Gasteiger partial charge on any atom is -0.481 e. The first-order chi connectivity index (χ1) is 18.9. The monoisotopic (exact) mass is 556 g/mol. The van der Waals surface area contributed by atoms with Crippen molar-refractivity contribution >= 4 is 62.8 Å². The Morgan fingerprint density at radius 3 is 2.36 bits per heavy atom. The summed E-state index contributed by atoms with van der Waals surface area (Å²) >= 11 is 12.1. The number of nitrogens with one attached hydrogen (secondary N) is 1. The Labute approximate surface area is 234 Å². The molecule has 1 amide bonds. The summed E-state index contributed by atoms with van der Waals surface area (Å²) in [5.41, 5.74) is 3.19. The molecule has 0 saturated carbocycles. The highest BCUT2D eigenvalue weighted by atomic mass is 35.5. The van der Waals surface area contributed by atoms with Gasteiger partial charge >= 0.3 is 5.97 Å². The Morgan fingerprint density at radius 1 is 0.846 bits per heavy atom. The van der Waals surface area contributed by atoms with Crippen LogP contribution in [-0.4, -0.2) is 24.2 Å². The summed E-state index contributed by atoms with van der Waals surface area (Å²) in [6.45, 7) is 1.64. The van der Waals surface area contributed by atoms with E-state index in [9.17, 15) is 9.59 Å². The van der Waals surface area contributed by atoms with Gasteiger partial charge in [-0.15, -0.1) is 0 Å². The van der Waals surface area contributed by atoms with Gasteiger partial charge in [-0.2, -0.15) is 5.10 Å². The molecule has 1 N–H and O–H groups in total. The van der Waals surface area contributed by atoms with Gasteiger partial charge in [-0.1, -0.05) is 83.9 Å². The Balaban J connectivity index is 1.34. The van der Waals surface area contributed by atoms with Crippen molar-refractivity contribution in [1.29, 1.82) is 0 Å². The third kappa shape index (κ3) is 6.03. The highest BCUT2D eigenvalue weighted by Gasteiger charge is 2.17. The summed E-state index contributed by atoms with van der Waals surface area (Å²) in [5.74, 6) is -0.262. The second-order valence-electron chi connectivity index (χ2n) is 8.72. The molecule has 0 fully saturated rings. The van der Waals surface area contributed by atoms with Crippen LogP contribution in [0.4, 0.5) is 0 Å². The molecule has 8 heteroatoms. The molecule has 0 aliphatic rings. The van der Waals surface area contributed by atoms with E-state index in [1.54, 1.807) is 19.1 Å². The van der Waals surface area contributed by atoms with E-state index in [1.165, 1.54) is 18.3 Å². The van der Waals surface area contributed by atoms with Gasteiger partial charge in [0.15, 0.2) is 6.10 Å². The molecule has 0 unspecified atom stereocenters. The summed E-state index contributed by atoms with van der Waals surface area (Å²) in [6.07, 6.45) is 0.634. The largest absolute Gasteiger partial charge is 0.481 e. The van der Waals surface area contributed by atoms with Crippen molar-refractivity contribution in [3.8, 4) is 11.5 Å². The summed E-state index contributed by atoms with van der Waals surface area (Å²) < 4.78 is 11.5. The number of benzene rings is 5. The summed E-state index contributed by atoms with van der Waals surface area (Å²) in [4.78, 5) is 25.6. The van der Waals surface area contributed by atoms with E-state index >= 15 is 0 Å². The molecule has 0 spiro atoms. The summed E-state index contributed by atoms with van der Waals surface area (Å²) in [6, 6.07) is 29.1. The number of ether oxygens (including phenoxy) is 2. The van der Waals surface area contributed by atoms with Gasteiger partial charge in [0.05, 0.1) is 16.8 Å². The van der Waals surface area contributed by atoms with Crippen LogP contribution < -0.4 is 14.9 Å². The highest BCUT2D eigenvalue weighted by molar-refractivity contribution is 6.36. The molecule has 5 rings (SSSR count). The number of nitrogens with zero attached hydrogens (tertiary/aromatic N) is 1. The lowest BCUT2D eigenvalue weighted by Crippen LogP contribution is -2.33. The number of esters is 1. The number of amides is 1. The fraction of sp³-hybridized carbons (Fsp3) is 0.0645. The standard InChI is InChI=1S/C31H22Cl2N2O4/c1-19(38-24-13-10-20-6-2-3-8-22(20)16-24)30(36)35-34-18-27-25-9-5-4-7-21(25)11-15-29(27)39-31(37)26-14-12-23(32)17-28(26)33/h2-19H,1H3,(H,35,36)/b34-18-/t19-/m1/s1. The zero-order valence-corrected chi connectivity index (χ0v) is 22.2. The van der Waals surface area contributed by atoms with Crippen LogP contribution in [0.2, 0.25) is 10.0 Å². The van der Waals surface area contributed by atoms with Crippen LogP contribution in [0, 0.1) is 0 Å². The van der Waals surface area contributed by atoms with E-state index < -0.39 is 18.0 Å². The molecule has 0 aliphatic heterocycles. The van der Waals surface area contributed by atoms with Crippen LogP contribution in [0.25, 0.3) is 21.5 Å². The summed E-state index contributed by atoms with van der Waals surface area (Å²) in [7, 11) is 0. The van der Waals surface area contributed by atoms with E-state index in [0.29, 0.717) is 16.3 Å². The van der Waals surface area contributed by atoms with Crippen LogP contribution in [0.15, 0.2) is 102 Å². The smallest absolute Gasteiger partial charge is 0.345 e. The Hall–Kier alpha value is -4.39. The molecule has 194 valence electrons. The zero-order chi connectivity index (χ0) is 27.4. The minimum atomic E-state index is -0.805. The van der Waals surface area contributed by atoms with Crippen molar-refractivity contribution in [3.05, 3.63) is 118 Å². The third-order valence-corrected chi connectivity index (χ3v) is 6.60. The number of hydrogen-bond acceptors (Lipinski definition) is 5. The Kier molecular flexibility index (Phi) is 7.77. The van der Waals surface area contributed by atoms with Gasteiger partial charge in [-0.25, -0.2) is 10.2 Å². The fourth-order valence-corrected chi connectivity index (χ4v) is 4.54. The van der Waals surface area contributed by atoms with E-state index in [4.69, 9.17) is 32.7 Å². The average Bonchev–Trinajstić information content (AvgIpc) is 2.93. The van der Waals surface area contributed by atoms with Crippen molar-refractivity contribution in [2.75, 3.05) is 0 Å². The van der Waals surface area contributed by atoms with Gasteiger partial charge in [0.1, 0.15) is 11.5 Å². The molecule has 39 heavy (non-hydrogen) atoms. The van der Waals surface area contributed by atoms with Gasteiger partial charge < -0.3 is 9.47 Å². The first-order valence-electron chi connectivity index (χ1n) is 12.1. The van der Waals surface area contributed by atoms with Gasteiger partial charge in [0, 0.05) is 10.6 Å². The molecule has 6 nitrogen and oxygen atoms in total. The third-order valence-electron chi connectivity index (χ3n) is 6.06. The topological polar surface area (TPSA) is 77.0 Å². The molecule has 0 aliphatic carbocycles. The van der Waals surface area contributed by atoms with Gasteiger partial charge in [0.25, 0.3) is 5.91 Å². The molecule has 0 bridgehead atoms. The second-order valence-corrected chi connectivity index (χ2v) is 9.56. The van der Waals surface area contributed by atoms with Crippen molar-refractivity contribution in [1.82, 2.24) is 5.43 Å². The maximum absolute atomic E-state index is 12.9. The van der Waals surface area contributed by atoms with Crippen molar-refractivity contribution < 1.29 is 19.1 Å². The quantitative estimate of drug-likeness (QED) is 0.0977. The van der Waals surface area contributed by atoms with Crippen LogP contribution in [-0.2, 0) is 4.79 Å². The number of carbonyl (C=O) groups excluding carboxylic acids is 2. The van der Waals surface area contributed by atoms with Gasteiger partial charge in [0.2, 0.25) is 0 Å². The maximum atomic E-state index is 12.9. The summed E-state index contributed by atoms with van der Waals surface area (Å²) in [5, 5.41) is 8.50. The van der Waals surface area contributed by atoms with Crippen molar-refractivity contribution in [3.63, 3.8) is 0 Å². The molecular weight excluding hydrogens is 535 g/mol. The average molecular weight is 557 g/mol. The lowest BCUT2D eigenvalue weighted by molar-refractivity contribution is -0.127. The van der Waals surface area contributed by atoms with E-state index in [1.807, 2.05) is 72.8 Å². The van der Waals surface area contributed by atoms with Gasteiger partial charge in [-0.05, 0) is 64.9 Å². The predicted molar refractivity (Wildman–Crippen MR) is 155 cm³/mol. The Morgan fingerprint density at radius 2 is 1.56 bits per heavy atom. The normalized spacial score (nSPS) is 12.0. The number of rotatable bonds is 7. The second kappa shape index (κ2) is 11.6. The number of fused-ring (bicyclic) bond motifs is 2. The Bertz CT molecular complexity index is 1740. The van der Waals surface area contributed by atoms with Crippen LogP contribution >= 0.6 is 23.2 Å². The first kappa shape index (κ1) is 26.2. The number of hydrazone groups is 1. The lowest BCUT2D eigenvalue weighted by atomic mass is 10.0.